The van der Waals surface area contributed by atoms with Gasteiger partial charge in [0.2, 0.25) is 0 Å². The molecule has 1 fully saturated rings. The van der Waals surface area contributed by atoms with Gasteiger partial charge in [-0.05, 0) is 49.3 Å². The van der Waals surface area contributed by atoms with Crippen LogP contribution in [0.15, 0.2) is 22.7 Å². The van der Waals surface area contributed by atoms with E-state index in [1.54, 1.807) is 0 Å². The van der Waals surface area contributed by atoms with Crippen molar-refractivity contribution in [2.24, 2.45) is 5.92 Å². The summed E-state index contributed by atoms with van der Waals surface area (Å²) in [6, 6.07) is 6.18. The van der Waals surface area contributed by atoms with Crippen LogP contribution in [0.2, 0.25) is 0 Å². The molecule has 1 N–H and O–H groups in total. The van der Waals surface area contributed by atoms with Gasteiger partial charge in [-0.1, -0.05) is 35.0 Å². The van der Waals surface area contributed by atoms with Crippen LogP contribution in [0, 0.1) is 12.8 Å². The highest BCUT2D eigenvalue weighted by Gasteiger charge is 2.39. The second-order valence-electron chi connectivity index (χ2n) is 4.68. The number of hydrogen-bond acceptors (Lipinski definition) is 1. The van der Waals surface area contributed by atoms with Gasteiger partial charge in [0.05, 0.1) is 5.60 Å². The molecule has 82 valence electrons. The number of aliphatic hydroxyl groups is 1. The molecule has 1 saturated carbocycles. The maximum Gasteiger partial charge on any atom is 0.0922 e. The van der Waals surface area contributed by atoms with Gasteiger partial charge in [-0.3, -0.25) is 0 Å². The van der Waals surface area contributed by atoms with Crippen LogP contribution in [0.1, 0.15) is 37.3 Å². The highest BCUT2D eigenvalue weighted by atomic mass is 79.9. The van der Waals surface area contributed by atoms with E-state index in [0.717, 1.165) is 29.3 Å². The van der Waals surface area contributed by atoms with E-state index in [4.69, 9.17) is 0 Å². The molecule has 0 aliphatic heterocycles. The Morgan fingerprint density at radius 2 is 2.20 bits per heavy atom. The van der Waals surface area contributed by atoms with Crippen LogP contribution in [0.25, 0.3) is 0 Å². The molecule has 2 rings (SSSR count). The first kappa shape index (κ1) is 11.2. The van der Waals surface area contributed by atoms with E-state index in [-0.39, 0.29) is 0 Å². The molecule has 1 aromatic carbocycles. The fourth-order valence-corrected chi connectivity index (χ4v) is 2.75. The molecule has 0 heterocycles. The predicted molar refractivity (Wildman–Crippen MR) is 65.8 cm³/mol. The average Bonchev–Trinajstić information content (AvgIpc) is 2.53. The summed E-state index contributed by atoms with van der Waals surface area (Å²) < 4.78 is 1.11. The number of hydrogen-bond donors (Lipinski definition) is 1. The van der Waals surface area contributed by atoms with Crippen molar-refractivity contribution in [1.29, 1.82) is 0 Å². The van der Waals surface area contributed by atoms with Crippen LogP contribution >= 0.6 is 15.9 Å². The maximum absolute atomic E-state index is 10.6. The summed E-state index contributed by atoms with van der Waals surface area (Å²) in [5.41, 5.74) is 1.68. The quantitative estimate of drug-likeness (QED) is 0.822. The first-order chi connectivity index (χ1) is 7.04. The van der Waals surface area contributed by atoms with Crippen LogP contribution < -0.4 is 0 Å². The highest BCUT2D eigenvalue weighted by Crippen LogP contribution is 2.43. The number of halogens is 1. The van der Waals surface area contributed by atoms with Crippen LogP contribution in [-0.4, -0.2) is 5.11 Å². The van der Waals surface area contributed by atoms with Crippen LogP contribution in [0.3, 0.4) is 0 Å². The standard InChI is InChI=1S/C13H17BrO/c1-9-8-11(5-6-12(9)14)13(15)7-3-4-10(13)2/h5-6,8,10,15H,3-4,7H2,1-2H3/t10-,13+/m0/s1. The third-order valence-electron chi connectivity index (χ3n) is 3.67. The molecule has 1 aromatic rings. The van der Waals surface area contributed by atoms with E-state index in [9.17, 15) is 5.11 Å². The lowest BCUT2D eigenvalue weighted by Crippen LogP contribution is -2.28. The Hall–Kier alpha value is -0.340. The molecular formula is C13H17BrO. The van der Waals surface area contributed by atoms with Crippen LogP contribution in [-0.2, 0) is 5.60 Å². The summed E-state index contributed by atoms with van der Waals surface area (Å²) in [7, 11) is 0. The number of aryl methyl sites for hydroxylation is 1. The predicted octanol–water partition coefficient (Wildman–Crippen LogP) is 3.77. The van der Waals surface area contributed by atoms with E-state index < -0.39 is 5.60 Å². The van der Waals surface area contributed by atoms with E-state index in [2.05, 4.69) is 35.8 Å². The molecule has 0 aromatic heterocycles. The van der Waals surface area contributed by atoms with Crippen molar-refractivity contribution in [1.82, 2.24) is 0 Å². The zero-order chi connectivity index (χ0) is 11.1. The van der Waals surface area contributed by atoms with Crippen molar-refractivity contribution >= 4 is 15.9 Å². The second kappa shape index (κ2) is 3.91. The Morgan fingerprint density at radius 1 is 1.47 bits per heavy atom. The van der Waals surface area contributed by atoms with Gasteiger partial charge in [0, 0.05) is 4.47 Å². The van der Waals surface area contributed by atoms with Gasteiger partial charge in [0.25, 0.3) is 0 Å². The summed E-state index contributed by atoms with van der Waals surface area (Å²) >= 11 is 3.49. The smallest absolute Gasteiger partial charge is 0.0922 e. The molecule has 1 nitrogen and oxygen atoms in total. The molecule has 1 aliphatic carbocycles. The largest absolute Gasteiger partial charge is 0.385 e. The molecule has 15 heavy (non-hydrogen) atoms. The molecule has 2 heteroatoms. The zero-order valence-electron chi connectivity index (χ0n) is 9.26. The Morgan fingerprint density at radius 3 is 2.73 bits per heavy atom. The Kier molecular flexibility index (Phi) is 2.91. The molecule has 0 spiro atoms. The molecule has 0 amide bonds. The SMILES string of the molecule is Cc1cc([C@@]2(O)CCC[C@@H]2C)ccc1Br. The molecule has 0 saturated heterocycles. The summed E-state index contributed by atoms with van der Waals surface area (Å²) in [6.45, 7) is 4.21. The molecular weight excluding hydrogens is 252 g/mol. The lowest BCUT2D eigenvalue weighted by atomic mass is 9.84. The summed E-state index contributed by atoms with van der Waals surface area (Å²) in [5.74, 6) is 0.373. The fourth-order valence-electron chi connectivity index (χ4n) is 2.51. The van der Waals surface area contributed by atoms with E-state index >= 15 is 0 Å². The molecule has 2 atom stereocenters. The minimum Gasteiger partial charge on any atom is -0.385 e. The van der Waals surface area contributed by atoms with Gasteiger partial charge in [0.1, 0.15) is 0 Å². The maximum atomic E-state index is 10.6. The van der Waals surface area contributed by atoms with Crippen molar-refractivity contribution in [2.45, 2.75) is 38.7 Å². The Balaban J connectivity index is 2.40. The zero-order valence-corrected chi connectivity index (χ0v) is 10.8. The molecule has 0 radical (unpaired) electrons. The minimum absolute atomic E-state index is 0.373. The fraction of sp³-hybridized carbons (Fsp3) is 0.538. The van der Waals surface area contributed by atoms with Crippen molar-refractivity contribution < 1.29 is 5.11 Å². The summed E-state index contributed by atoms with van der Waals surface area (Å²) in [6.07, 6.45) is 3.16. The monoisotopic (exact) mass is 268 g/mol. The van der Waals surface area contributed by atoms with Gasteiger partial charge in [-0.2, -0.15) is 0 Å². The van der Waals surface area contributed by atoms with Crippen LogP contribution in [0.4, 0.5) is 0 Å². The first-order valence-corrected chi connectivity index (χ1v) is 6.32. The van der Waals surface area contributed by atoms with E-state index in [1.807, 2.05) is 12.1 Å². The number of rotatable bonds is 1. The van der Waals surface area contributed by atoms with Gasteiger partial charge < -0.3 is 5.11 Å². The summed E-state index contributed by atoms with van der Waals surface area (Å²) in [5, 5.41) is 10.6. The third kappa shape index (κ3) is 1.85. The van der Waals surface area contributed by atoms with E-state index in [0.29, 0.717) is 5.92 Å². The van der Waals surface area contributed by atoms with Gasteiger partial charge >= 0.3 is 0 Å². The van der Waals surface area contributed by atoms with Gasteiger partial charge in [-0.25, -0.2) is 0 Å². The van der Waals surface area contributed by atoms with Crippen molar-refractivity contribution in [2.75, 3.05) is 0 Å². The highest BCUT2D eigenvalue weighted by molar-refractivity contribution is 9.10. The van der Waals surface area contributed by atoms with Gasteiger partial charge in [-0.15, -0.1) is 0 Å². The number of benzene rings is 1. The van der Waals surface area contributed by atoms with Crippen molar-refractivity contribution in [3.05, 3.63) is 33.8 Å². The minimum atomic E-state index is -0.592. The van der Waals surface area contributed by atoms with Crippen molar-refractivity contribution in [3.8, 4) is 0 Å². The molecule has 0 unspecified atom stereocenters. The normalized spacial score (nSPS) is 30.8. The lowest BCUT2D eigenvalue weighted by Gasteiger charge is -2.28. The lowest BCUT2D eigenvalue weighted by molar-refractivity contribution is 0.00443. The molecule has 0 bridgehead atoms. The van der Waals surface area contributed by atoms with Crippen molar-refractivity contribution in [3.63, 3.8) is 0 Å². The molecule has 1 aliphatic rings. The van der Waals surface area contributed by atoms with Gasteiger partial charge in [0.15, 0.2) is 0 Å². The van der Waals surface area contributed by atoms with E-state index in [1.165, 1.54) is 5.56 Å². The second-order valence-corrected chi connectivity index (χ2v) is 5.54. The Bertz CT molecular complexity index is 375. The summed E-state index contributed by atoms with van der Waals surface area (Å²) in [4.78, 5) is 0. The third-order valence-corrected chi connectivity index (χ3v) is 4.56. The van der Waals surface area contributed by atoms with Crippen LogP contribution in [0.5, 0.6) is 0 Å². The topological polar surface area (TPSA) is 20.2 Å². The first-order valence-electron chi connectivity index (χ1n) is 5.53. The average molecular weight is 269 g/mol. The Labute approximate surface area is 99.6 Å².